The van der Waals surface area contributed by atoms with Gasteiger partial charge in [-0.3, -0.25) is 9.59 Å². The Balaban J connectivity index is 1.55. The van der Waals surface area contributed by atoms with Crippen molar-refractivity contribution in [2.75, 3.05) is 16.9 Å². The summed E-state index contributed by atoms with van der Waals surface area (Å²) in [6.07, 6.45) is 0. The second-order valence-electron chi connectivity index (χ2n) is 5.40. The normalized spacial score (nSPS) is 10.7. The lowest BCUT2D eigenvalue weighted by molar-refractivity contribution is -0.118. The van der Waals surface area contributed by atoms with Crippen molar-refractivity contribution >= 4 is 52.0 Å². The van der Waals surface area contributed by atoms with Gasteiger partial charge in [-0.15, -0.1) is 11.6 Å². The molecular weight excluding hydrogens is 374 g/mol. The third-order valence-corrected chi connectivity index (χ3v) is 4.50. The number of hydrogen-bond acceptors (Lipinski definition) is 5. The van der Waals surface area contributed by atoms with Crippen molar-refractivity contribution < 1.29 is 14.0 Å². The number of benzene rings is 2. The van der Waals surface area contributed by atoms with E-state index < -0.39 is 0 Å². The summed E-state index contributed by atoms with van der Waals surface area (Å²) in [5.74, 6) is -0.310. The lowest BCUT2D eigenvalue weighted by Crippen LogP contribution is -2.24. The summed E-state index contributed by atoms with van der Waals surface area (Å²) >= 11 is 6.69. The van der Waals surface area contributed by atoms with Crippen LogP contribution >= 0.6 is 23.4 Å². The zero-order chi connectivity index (χ0) is 18.4. The van der Waals surface area contributed by atoms with Gasteiger partial charge < -0.3 is 15.1 Å². The monoisotopic (exact) mass is 389 g/mol. The van der Waals surface area contributed by atoms with Gasteiger partial charge in [0.05, 0.1) is 5.75 Å². The van der Waals surface area contributed by atoms with Gasteiger partial charge in [-0.05, 0) is 17.7 Å². The van der Waals surface area contributed by atoms with E-state index in [4.69, 9.17) is 16.0 Å². The van der Waals surface area contributed by atoms with Gasteiger partial charge >= 0.3 is 0 Å². The number of anilines is 1. The van der Waals surface area contributed by atoms with E-state index in [0.717, 1.165) is 5.56 Å². The van der Waals surface area contributed by atoms with Gasteiger partial charge in [0.25, 0.3) is 5.22 Å². The molecule has 2 N–H and O–H groups in total. The first kappa shape index (κ1) is 18.3. The first-order chi connectivity index (χ1) is 12.6. The van der Waals surface area contributed by atoms with Crippen LogP contribution in [0.4, 0.5) is 5.69 Å². The molecule has 0 unspecified atom stereocenters. The number of oxazole rings is 1. The SMILES string of the molecule is O=C(CSc1nc2ccc(NC(=O)CCl)cc2o1)NCc1ccccc1. The fraction of sp³-hybridized carbons (Fsp3) is 0.167. The van der Waals surface area contributed by atoms with Gasteiger partial charge in [-0.1, -0.05) is 42.1 Å². The molecule has 0 aliphatic heterocycles. The number of fused-ring (bicyclic) bond motifs is 1. The fourth-order valence-electron chi connectivity index (χ4n) is 2.21. The molecule has 134 valence electrons. The number of amides is 2. The lowest BCUT2D eigenvalue weighted by Gasteiger charge is -2.03. The predicted molar refractivity (Wildman–Crippen MR) is 102 cm³/mol. The smallest absolute Gasteiger partial charge is 0.257 e. The predicted octanol–water partition coefficient (Wildman–Crippen LogP) is 3.41. The topological polar surface area (TPSA) is 84.2 Å². The van der Waals surface area contributed by atoms with Crippen LogP contribution in [-0.2, 0) is 16.1 Å². The van der Waals surface area contributed by atoms with Crippen LogP contribution < -0.4 is 10.6 Å². The Bertz CT molecular complexity index is 914. The number of carbonyl (C=O) groups is 2. The van der Waals surface area contributed by atoms with Crippen molar-refractivity contribution in [2.24, 2.45) is 0 Å². The van der Waals surface area contributed by atoms with Crippen LogP contribution in [-0.4, -0.2) is 28.4 Å². The Hall–Kier alpha value is -2.51. The molecule has 6 nitrogen and oxygen atoms in total. The summed E-state index contributed by atoms with van der Waals surface area (Å²) in [5.41, 5.74) is 2.81. The van der Waals surface area contributed by atoms with Crippen LogP contribution in [0.1, 0.15) is 5.56 Å². The van der Waals surface area contributed by atoms with Gasteiger partial charge in [-0.25, -0.2) is 4.98 Å². The maximum atomic E-state index is 12.0. The van der Waals surface area contributed by atoms with Crippen LogP contribution in [0.5, 0.6) is 0 Å². The number of thioether (sulfide) groups is 1. The summed E-state index contributed by atoms with van der Waals surface area (Å²) in [6.45, 7) is 0.484. The van der Waals surface area contributed by atoms with E-state index in [1.807, 2.05) is 30.3 Å². The molecule has 0 saturated carbocycles. The molecule has 2 amide bonds. The highest BCUT2D eigenvalue weighted by Crippen LogP contribution is 2.25. The quantitative estimate of drug-likeness (QED) is 0.478. The Morgan fingerprint density at radius 3 is 2.69 bits per heavy atom. The van der Waals surface area contributed by atoms with Crippen molar-refractivity contribution in [1.82, 2.24) is 10.3 Å². The highest BCUT2D eigenvalue weighted by Gasteiger charge is 2.10. The van der Waals surface area contributed by atoms with Gasteiger partial charge in [0.1, 0.15) is 11.4 Å². The van der Waals surface area contributed by atoms with Crippen LogP contribution in [0.15, 0.2) is 58.2 Å². The summed E-state index contributed by atoms with van der Waals surface area (Å²) < 4.78 is 5.62. The average molecular weight is 390 g/mol. The Labute approximate surface area is 159 Å². The number of carbonyl (C=O) groups excluding carboxylic acids is 2. The molecule has 0 atom stereocenters. The molecule has 3 rings (SSSR count). The number of rotatable bonds is 7. The molecule has 0 bridgehead atoms. The molecule has 0 spiro atoms. The number of aromatic nitrogens is 1. The molecule has 0 saturated heterocycles. The van der Waals surface area contributed by atoms with E-state index in [-0.39, 0.29) is 23.4 Å². The molecule has 8 heteroatoms. The average Bonchev–Trinajstić information content (AvgIpc) is 3.07. The van der Waals surface area contributed by atoms with Crippen LogP contribution in [0.2, 0.25) is 0 Å². The highest BCUT2D eigenvalue weighted by molar-refractivity contribution is 7.99. The van der Waals surface area contributed by atoms with Crippen LogP contribution in [0.3, 0.4) is 0 Å². The molecule has 3 aromatic rings. The summed E-state index contributed by atoms with van der Waals surface area (Å²) in [4.78, 5) is 27.6. The van der Waals surface area contributed by atoms with E-state index in [1.165, 1.54) is 11.8 Å². The molecule has 1 aromatic heterocycles. The van der Waals surface area contributed by atoms with Crippen LogP contribution in [0.25, 0.3) is 11.1 Å². The number of nitrogens with zero attached hydrogens (tertiary/aromatic N) is 1. The first-order valence-electron chi connectivity index (χ1n) is 7.84. The fourth-order valence-corrected chi connectivity index (χ4v) is 2.95. The minimum Gasteiger partial charge on any atom is -0.431 e. The zero-order valence-corrected chi connectivity index (χ0v) is 15.3. The van der Waals surface area contributed by atoms with Crippen molar-refractivity contribution in [3.05, 3.63) is 54.1 Å². The maximum Gasteiger partial charge on any atom is 0.257 e. The van der Waals surface area contributed by atoms with Gasteiger partial charge in [0.2, 0.25) is 11.8 Å². The molecule has 26 heavy (non-hydrogen) atoms. The van der Waals surface area contributed by atoms with E-state index in [2.05, 4.69) is 15.6 Å². The van der Waals surface area contributed by atoms with Crippen molar-refractivity contribution in [3.63, 3.8) is 0 Å². The minimum atomic E-state index is -0.296. The van der Waals surface area contributed by atoms with Crippen molar-refractivity contribution in [2.45, 2.75) is 11.8 Å². The van der Waals surface area contributed by atoms with Crippen molar-refractivity contribution in [3.8, 4) is 0 Å². The molecule has 2 aromatic carbocycles. The number of halogens is 1. The molecular formula is C18H16ClN3O3S. The van der Waals surface area contributed by atoms with E-state index in [9.17, 15) is 9.59 Å². The summed E-state index contributed by atoms with van der Waals surface area (Å²) in [7, 11) is 0. The lowest BCUT2D eigenvalue weighted by atomic mass is 10.2. The number of hydrogen-bond donors (Lipinski definition) is 2. The van der Waals surface area contributed by atoms with Gasteiger partial charge in [0.15, 0.2) is 5.58 Å². The minimum absolute atomic E-state index is 0.101. The third-order valence-electron chi connectivity index (χ3n) is 3.43. The number of alkyl halides is 1. The Kier molecular flexibility index (Phi) is 6.14. The molecule has 0 fully saturated rings. The molecule has 0 aliphatic carbocycles. The summed E-state index contributed by atoms with van der Waals surface area (Å²) in [5, 5.41) is 5.90. The molecule has 1 heterocycles. The Morgan fingerprint density at radius 2 is 1.92 bits per heavy atom. The van der Waals surface area contributed by atoms with Crippen LogP contribution in [0, 0.1) is 0 Å². The largest absolute Gasteiger partial charge is 0.431 e. The van der Waals surface area contributed by atoms with Crippen molar-refractivity contribution in [1.29, 1.82) is 0 Å². The molecule has 0 radical (unpaired) electrons. The third kappa shape index (κ3) is 5.00. The van der Waals surface area contributed by atoms with E-state index in [1.54, 1.807) is 18.2 Å². The summed E-state index contributed by atoms with van der Waals surface area (Å²) in [6, 6.07) is 14.8. The second kappa shape index (κ2) is 8.73. The van der Waals surface area contributed by atoms with E-state index >= 15 is 0 Å². The van der Waals surface area contributed by atoms with E-state index in [0.29, 0.717) is 28.6 Å². The highest BCUT2D eigenvalue weighted by atomic mass is 35.5. The molecule has 0 aliphatic rings. The second-order valence-corrected chi connectivity index (χ2v) is 6.59. The standard InChI is InChI=1S/C18H16ClN3O3S/c19-9-16(23)21-13-6-7-14-15(8-13)25-18(22-14)26-11-17(24)20-10-12-4-2-1-3-5-12/h1-8H,9-11H2,(H,20,24)(H,21,23). The number of nitrogens with one attached hydrogen (secondary N) is 2. The maximum absolute atomic E-state index is 12.0. The zero-order valence-electron chi connectivity index (χ0n) is 13.7. The van der Waals surface area contributed by atoms with Gasteiger partial charge in [-0.2, -0.15) is 0 Å². The van der Waals surface area contributed by atoms with Gasteiger partial charge in [0, 0.05) is 18.3 Å². The first-order valence-corrected chi connectivity index (χ1v) is 9.36. The Morgan fingerprint density at radius 1 is 1.12 bits per heavy atom.